The third kappa shape index (κ3) is 6.18. The van der Waals surface area contributed by atoms with Crippen molar-refractivity contribution in [1.82, 2.24) is 0 Å². The number of hydrogen-bond donors (Lipinski definition) is 0. The highest BCUT2D eigenvalue weighted by Crippen LogP contribution is 2.42. The number of rotatable bonds is 8. The van der Waals surface area contributed by atoms with E-state index in [1.165, 1.54) is 0 Å². The van der Waals surface area contributed by atoms with Gasteiger partial charge in [0.05, 0.1) is 24.0 Å². The summed E-state index contributed by atoms with van der Waals surface area (Å²) < 4.78 is 45.9. The first-order valence-electron chi connectivity index (χ1n) is 12.8. The Morgan fingerprint density at radius 1 is 0.972 bits per heavy atom. The van der Waals surface area contributed by atoms with E-state index in [-0.39, 0.29) is 5.04 Å². The Morgan fingerprint density at radius 2 is 1.61 bits per heavy atom. The van der Waals surface area contributed by atoms with Gasteiger partial charge in [0, 0.05) is 11.3 Å². The normalized spacial score (nSPS) is 29.9. The molecule has 2 aliphatic rings. The van der Waals surface area contributed by atoms with Gasteiger partial charge in [-0.1, -0.05) is 88.4 Å². The molecule has 36 heavy (non-hydrogen) atoms. The maximum atomic E-state index is 13.3. The smallest absolute Gasteiger partial charge is 0.192 e. The minimum Gasteiger partial charge on any atom is -0.408 e. The molecule has 0 radical (unpaired) electrons. The fraction of sp³-hybridized carbons (Fsp3) is 0.571. The van der Waals surface area contributed by atoms with Gasteiger partial charge in [0.25, 0.3) is 0 Å². The van der Waals surface area contributed by atoms with E-state index >= 15 is 0 Å². The first-order valence-corrected chi connectivity index (χ1v) is 17.1. The van der Waals surface area contributed by atoms with Gasteiger partial charge in [0.1, 0.15) is 24.4 Å². The molecule has 0 aliphatic carbocycles. The zero-order valence-electron chi connectivity index (χ0n) is 22.2. The largest absolute Gasteiger partial charge is 0.408 e. The maximum Gasteiger partial charge on any atom is 0.192 e. The third-order valence-corrected chi connectivity index (χ3v) is 13.4. The van der Waals surface area contributed by atoms with Crippen LogP contribution in [0.3, 0.4) is 0 Å². The summed E-state index contributed by atoms with van der Waals surface area (Å²) in [5.41, 5.74) is 1.39. The van der Waals surface area contributed by atoms with Crippen LogP contribution in [-0.2, 0) is 40.8 Å². The first-order chi connectivity index (χ1) is 17.1. The van der Waals surface area contributed by atoms with Crippen LogP contribution < -0.4 is 0 Å². The molecule has 0 bridgehead atoms. The molecule has 0 saturated carbocycles. The maximum absolute atomic E-state index is 13.3. The molecule has 8 heteroatoms. The number of ether oxygens (including phenoxy) is 4. The molecule has 0 N–H and O–H groups in total. The lowest BCUT2D eigenvalue weighted by atomic mass is 9.98. The first kappa shape index (κ1) is 27.6. The Kier molecular flexibility index (Phi) is 8.87. The molecule has 2 aromatic rings. The Bertz CT molecular complexity index is 996. The molecule has 7 atom stereocenters. The minimum atomic E-state index is -2.26. The summed E-state index contributed by atoms with van der Waals surface area (Å²) in [5, 5.41) is -0.0325. The highest BCUT2D eigenvalue weighted by atomic mass is 32.2. The molecular formula is C28H40O6SSi. The van der Waals surface area contributed by atoms with Gasteiger partial charge in [0.2, 0.25) is 0 Å². The van der Waals surface area contributed by atoms with Gasteiger partial charge in [0.15, 0.2) is 20.0 Å². The minimum absolute atomic E-state index is 0.0325. The fourth-order valence-electron chi connectivity index (χ4n) is 4.30. The van der Waals surface area contributed by atoms with Gasteiger partial charge in [-0.05, 0) is 23.7 Å². The standard InChI is InChI=1S/C28H40O6SSi/c1-7-35(29)27-25(34-36(5,6)28(2,3)4)24(30-18-20-14-10-8-11-15-20)23-22(32-27)19-31-26(33-23)21-16-12-9-13-17-21/h8-17,22-27H,7,18-19H2,1-6H3/t22-,23-,24+,25+,26?,27+,35?/m1/s1. The van der Waals surface area contributed by atoms with Crippen LogP contribution >= 0.6 is 0 Å². The highest BCUT2D eigenvalue weighted by Gasteiger charge is 2.55. The van der Waals surface area contributed by atoms with Crippen LogP contribution in [0.2, 0.25) is 18.1 Å². The second-order valence-corrected chi connectivity index (χ2v) is 17.6. The lowest BCUT2D eigenvalue weighted by Crippen LogP contribution is -2.66. The number of fused-ring (bicyclic) bond motifs is 1. The molecule has 0 amide bonds. The van der Waals surface area contributed by atoms with E-state index in [0.717, 1.165) is 11.1 Å². The lowest BCUT2D eigenvalue weighted by Gasteiger charge is -2.51. The summed E-state index contributed by atoms with van der Waals surface area (Å²) in [6.07, 6.45) is -2.33. The van der Waals surface area contributed by atoms with Gasteiger partial charge in [-0.25, -0.2) is 0 Å². The van der Waals surface area contributed by atoms with E-state index in [2.05, 4.69) is 33.9 Å². The topological polar surface area (TPSA) is 63.2 Å². The zero-order chi connectivity index (χ0) is 25.9. The van der Waals surface area contributed by atoms with Gasteiger partial charge >= 0.3 is 0 Å². The summed E-state index contributed by atoms with van der Waals surface area (Å²) in [7, 11) is -3.51. The van der Waals surface area contributed by atoms with Crippen molar-refractivity contribution >= 4 is 19.1 Å². The third-order valence-electron chi connectivity index (χ3n) is 7.42. The Balaban J connectivity index is 1.68. The van der Waals surface area contributed by atoms with Gasteiger partial charge in [-0.3, -0.25) is 4.21 Å². The molecule has 0 aromatic heterocycles. The summed E-state index contributed by atoms with van der Waals surface area (Å²) in [6, 6.07) is 20.0. The van der Waals surface area contributed by atoms with Crippen LogP contribution in [0.5, 0.6) is 0 Å². The highest BCUT2D eigenvalue weighted by molar-refractivity contribution is 7.85. The van der Waals surface area contributed by atoms with E-state index in [1.54, 1.807) is 0 Å². The van der Waals surface area contributed by atoms with Crippen molar-refractivity contribution in [2.24, 2.45) is 0 Å². The fourth-order valence-corrected chi connectivity index (χ4v) is 6.80. The molecule has 198 valence electrons. The zero-order valence-corrected chi connectivity index (χ0v) is 24.0. The van der Waals surface area contributed by atoms with Gasteiger partial charge in [-0.2, -0.15) is 0 Å². The molecule has 4 rings (SSSR count). The molecule has 2 unspecified atom stereocenters. The average molecular weight is 533 g/mol. The summed E-state index contributed by atoms with van der Waals surface area (Å²) in [6.45, 7) is 13.7. The second-order valence-electron chi connectivity index (χ2n) is 11.0. The van der Waals surface area contributed by atoms with Gasteiger partial charge < -0.3 is 23.4 Å². The van der Waals surface area contributed by atoms with Crippen molar-refractivity contribution in [1.29, 1.82) is 0 Å². The molecule has 2 aromatic carbocycles. The van der Waals surface area contributed by atoms with E-state index < -0.39 is 55.3 Å². The molecule has 2 aliphatic heterocycles. The monoisotopic (exact) mass is 532 g/mol. The molecule has 2 saturated heterocycles. The molecule has 2 fully saturated rings. The van der Waals surface area contributed by atoms with Crippen LogP contribution in [0.15, 0.2) is 60.7 Å². The van der Waals surface area contributed by atoms with Crippen molar-refractivity contribution in [3.63, 3.8) is 0 Å². The molecule has 6 nitrogen and oxygen atoms in total. The number of hydrogen-bond acceptors (Lipinski definition) is 6. The lowest BCUT2D eigenvalue weighted by molar-refractivity contribution is -0.324. The summed E-state index contributed by atoms with van der Waals surface area (Å²) >= 11 is 0. The Labute approximate surface area is 219 Å². The Hall–Kier alpha value is -1.39. The summed E-state index contributed by atoms with van der Waals surface area (Å²) in [5.74, 6) is 0.471. The molecule has 0 spiro atoms. The summed E-state index contributed by atoms with van der Waals surface area (Å²) in [4.78, 5) is 0. The van der Waals surface area contributed by atoms with Crippen molar-refractivity contribution in [2.45, 2.75) is 88.6 Å². The van der Waals surface area contributed by atoms with Crippen LogP contribution in [0.4, 0.5) is 0 Å². The van der Waals surface area contributed by atoms with Crippen LogP contribution in [0.25, 0.3) is 0 Å². The molecular weight excluding hydrogens is 492 g/mol. The van der Waals surface area contributed by atoms with Gasteiger partial charge in [-0.15, -0.1) is 0 Å². The van der Waals surface area contributed by atoms with E-state index in [4.69, 9.17) is 23.4 Å². The van der Waals surface area contributed by atoms with Crippen molar-refractivity contribution in [2.75, 3.05) is 12.4 Å². The van der Waals surface area contributed by atoms with Crippen LogP contribution in [-0.4, -0.2) is 54.7 Å². The predicted molar refractivity (Wildman–Crippen MR) is 144 cm³/mol. The Morgan fingerprint density at radius 3 is 2.22 bits per heavy atom. The van der Waals surface area contributed by atoms with Crippen molar-refractivity contribution in [3.05, 3.63) is 71.8 Å². The quantitative estimate of drug-likeness (QED) is 0.414. The predicted octanol–water partition coefficient (Wildman–Crippen LogP) is 5.57. The van der Waals surface area contributed by atoms with Crippen molar-refractivity contribution < 1.29 is 27.6 Å². The van der Waals surface area contributed by atoms with Crippen molar-refractivity contribution in [3.8, 4) is 0 Å². The van der Waals surface area contributed by atoms with Crippen LogP contribution in [0, 0.1) is 0 Å². The van der Waals surface area contributed by atoms with E-state index in [1.807, 2.05) is 67.6 Å². The van der Waals surface area contributed by atoms with E-state index in [9.17, 15) is 4.21 Å². The SMILES string of the molecule is CCS(=O)[C@@H]1O[C@@H]2COC(c3ccccc3)O[C@H]2[C@H](OCc2ccccc2)[C@@H]1O[Si](C)(C)C(C)(C)C. The second kappa shape index (κ2) is 11.6. The van der Waals surface area contributed by atoms with E-state index in [0.29, 0.717) is 19.0 Å². The average Bonchev–Trinajstić information content (AvgIpc) is 2.87. The number of benzene rings is 2. The molecule has 2 heterocycles. The van der Waals surface area contributed by atoms with Crippen LogP contribution in [0.1, 0.15) is 45.1 Å².